The molecule has 2 aromatic rings. The number of hydrogen-bond donors (Lipinski definition) is 1. The molecule has 1 aromatic carbocycles. The van der Waals surface area contributed by atoms with Crippen molar-refractivity contribution < 1.29 is 13.7 Å². The average Bonchev–Trinajstić information content (AvgIpc) is 3.05. The zero-order valence-electron chi connectivity index (χ0n) is 15.0. The molecule has 0 radical (unpaired) electrons. The van der Waals surface area contributed by atoms with E-state index in [0.29, 0.717) is 29.5 Å². The monoisotopic (exact) mass is 361 g/mol. The molecule has 25 heavy (non-hydrogen) atoms. The molecule has 6 nitrogen and oxygen atoms in total. The molecule has 7 heteroatoms. The van der Waals surface area contributed by atoms with Gasteiger partial charge in [0.1, 0.15) is 11.6 Å². The van der Waals surface area contributed by atoms with Gasteiger partial charge in [0.15, 0.2) is 0 Å². The topological polar surface area (TPSA) is 73.2 Å². The van der Waals surface area contributed by atoms with Gasteiger partial charge in [-0.05, 0) is 52.0 Å². The molecule has 0 fully saturated rings. The maximum Gasteiger partial charge on any atom is 0.256 e. The fourth-order valence-corrected chi connectivity index (χ4v) is 4.05. The van der Waals surface area contributed by atoms with Gasteiger partial charge in [0.05, 0.1) is 29.3 Å². The van der Waals surface area contributed by atoms with Crippen LogP contribution in [0.4, 0.5) is 5.82 Å². The lowest BCUT2D eigenvalue weighted by molar-refractivity contribution is 0.102. The Morgan fingerprint density at radius 1 is 1.28 bits per heavy atom. The molecule has 1 aromatic heterocycles. The highest BCUT2D eigenvalue weighted by molar-refractivity contribution is 7.83. The van der Waals surface area contributed by atoms with Crippen molar-refractivity contribution in [1.29, 1.82) is 0 Å². The number of fused-ring (bicyclic) bond motifs is 1. The Hall–Kier alpha value is -2.15. The SMILES string of the molecule is CCOc1ccc(C(=O)Nc2c3c(nn2C(C)(C)C)C[S@](=O)C3)cc1. The van der Waals surface area contributed by atoms with Crippen LogP contribution >= 0.6 is 0 Å². The minimum atomic E-state index is -0.942. The molecular formula is C18H23N3O3S. The number of rotatable bonds is 4. The second kappa shape index (κ2) is 6.63. The minimum absolute atomic E-state index is 0.214. The molecule has 0 spiro atoms. The van der Waals surface area contributed by atoms with Gasteiger partial charge in [0, 0.05) is 21.9 Å². The number of carbonyl (C=O) groups is 1. The highest BCUT2D eigenvalue weighted by atomic mass is 32.2. The highest BCUT2D eigenvalue weighted by Gasteiger charge is 2.31. The maximum absolute atomic E-state index is 12.7. The van der Waals surface area contributed by atoms with E-state index in [4.69, 9.17) is 4.74 Å². The molecule has 0 unspecified atom stereocenters. The van der Waals surface area contributed by atoms with Gasteiger partial charge in [-0.25, -0.2) is 4.68 Å². The third-order valence-electron chi connectivity index (χ3n) is 3.96. The van der Waals surface area contributed by atoms with E-state index in [2.05, 4.69) is 10.4 Å². The van der Waals surface area contributed by atoms with Gasteiger partial charge < -0.3 is 10.1 Å². The van der Waals surface area contributed by atoms with E-state index < -0.39 is 10.8 Å². The second-order valence-corrected chi connectivity index (χ2v) is 8.45. The van der Waals surface area contributed by atoms with Crippen LogP contribution in [0, 0.1) is 0 Å². The number of aromatic nitrogens is 2. The average molecular weight is 361 g/mol. The van der Waals surface area contributed by atoms with E-state index in [1.54, 1.807) is 24.3 Å². The largest absolute Gasteiger partial charge is 0.494 e. The normalized spacial score (nSPS) is 16.6. The molecular weight excluding hydrogens is 338 g/mol. The molecule has 1 amide bonds. The van der Waals surface area contributed by atoms with E-state index >= 15 is 0 Å². The molecule has 134 valence electrons. The molecule has 1 atom stereocenters. The number of nitrogens with zero attached hydrogens (tertiary/aromatic N) is 2. The van der Waals surface area contributed by atoms with Crippen LogP contribution in [-0.4, -0.2) is 26.5 Å². The third kappa shape index (κ3) is 3.61. The van der Waals surface area contributed by atoms with Crippen molar-refractivity contribution in [3.05, 3.63) is 41.1 Å². The summed E-state index contributed by atoms with van der Waals surface area (Å²) >= 11 is 0. The number of carbonyl (C=O) groups excluding carboxylic acids is 1. The Kier molecular flexibility index (Phi) is 4.69. The van der Waals surface area contributed by atoms with Crippen LogP contribution in [0.2, 0.25) is 0 Å². The van der Waals surface area contributed by atoms with Gasteiger partial charge >= 0.3 is 0 Å². The van der Waals surface area contributed by atoms with Crippen molar-refractivity contribution in [2.45, 2.75) is 44.7 Å². The number of amides is 1. The standard InChI is InChI=1S/C18H23N3O3S/c1-5-24-13-8-6-12(7-9-13)17(22)19-16-14-10-25(23)11-15(14)20-21(16)18(2,3)4/h6-9H,5,10-11H2,1-4H3,(H,19,22)/t25-/m1/s1. The first-order chi connectivity index (χ1) is 11.8. The first-order valence-electron chi connectivity index (χ1n) is 8.30. The number of benzene rings is 1. The smallest absolute Gasteiger partial charge is 0.256 e. The quantitative estimate of drug-likeness (QED) is 0.908. The molecule has 2 heterocycles. The van der Waals surface area contributed by atoms with Gasteiger partial charge in [0.25, 0.3) is 5.91 Å². The molecule has 1 aliphatic heterocycles. The van der Waals surface area contributed by atoms with Gasteiger partial charge in [-0.15, -0.1) is 0 Å². The van der Waals surface area contributed by atoms with Gasteiger partial charge in [-0.1, -0.05) is 0 Å². The summed E-state index contributed by atoms with van der Waals surface area (Å²) in [6.45, 7) is 8.58. The summed E-state index contributed by atoms with van der Waals surface area (Å²) in [5.74, 6) is 2.05. The van der Waals surface area contributed by atoms with Gasteiger partial charge in [0.2, 0.25) is 0 Å². The summed E-state index contributed by atoms with van der Waals surface area (Å²) in [7, 11) is -0.942. The molecule has 1 N–H and O–H groups in total. The van der Waals surface area contributed by atoms with Crippen molar-refractivity contribution in [1.82, 2.24) is 9.78 Å². The lowest BCUT2D eigenvalue weighted by atomic mass is 10.1. The van der Waals surface area contributed by atoms with Gasteiger partial charge in [-0.3, -0.25) is 9.00 Å². The summed E-state index contributed by atoms with van der Waals surface area (Å²) in [5, 5.41) is 7.56. The summed E-state index contributed by atoms with van der Waals surface area (Å²) in [4.78, 5) is 12.7. The number of anilines is 1. The van der Waals surface area contributed by atoms with Crippen LogP contribution in [0.25, 0.3) is 0 Å². The van der Waals surface area contributed by atoms with Crippen LogP contribution < -0.4 is 10.1 Å². The molecule has 0 aliphatic carbocycles. The molecule has 0 saturated carbocycles. The minimum Gasteiger partial charge on any atom is -0.494 e. The fraction of sp³-hybridized carbons (Fsp3) is 0.444. The van der Waals surface area contributed by atoms with Crippen molar-refractivity contribution in [2.75, 3.05) is 11.9 Å². The summed E-state index contributed by atoms with van der Waals surface area (Å²) in [6.07, 6.45) is 0. The Bertz CT molecular complexity index is 819. The van der Waals surface area contributed by atoms with Crippen molar-refractivity contribution in [3.8, 4) is 5.75 Å². The van der Waals surface area contributed by atoms with Crippen molar-refractivity contribution in [3.63, 3.8) is 0 Å². The van der Waals surface area contributed by atoms with Crippen molar-refractivity contribution in [2.24, 2.45) is 0 Å². The van der Waals surface area contributed by atoms with Crippen molar-refractivity contribution >= 4 is 22.5 Å². The summed E-state index contributed by atoms with van der Waals surface area (Å²) < 4.78 is 19.1. The molecule has 0 saturated heterocycles. The number of ether oxygens (including phenoxy) is 1. The highest BCUT2D eigenvalue weighted by Crippen LogP contribution is 2.33. The number of nitrogens with one attached hydrogen (secondary N) is 1. The van der Waals surface area contributed by atoms with E-state index in [9.17, 15) is 9.00 Å². The third-order valence-corrected chi connectivity index (χ3v) is 5.17. The van der Waals surface area contributed by atoms with E-state index in [0.717, 1.165) is 17.0 Å². The Balaban J connectivity index is 1.89. The Morgan fingerprint density at radius 2 is 1.96 bits per heavy atom. The maximum atomic E-state index is 12.7. The van der Waals surface area contributed by atoms with Crippen LogP contribution in [0.5, 0.6) is 5.75 Å². The Morgan fingerprint density at radius 3 is 2.56 bits per heavy atom. The molecule has 0 bridgehead atoms. The Labute approximate surface area is 150 Å². The predicted molar refractivity (Wildman–Crippen MR) is 98.3 cm³/mol. The zero-order valence-corrected chi connectivity index (χ0v) is 15.8. The van der Waals surface area contributed by atoms with Crippen LogP contribution in [0.3, 0.4) is 0 Å². The van der Waals surface area contributed by atoms with E-state index in [1.807, 2.05) is 32.4 Å². The molecule has 1 aliphatic rings. The van der Waals surface area contributed by atoms with Crippen LogP contribution in [0.1, 0.15) is 49.3 Å². The van der Waals surface area contributed by atoms with Crippen LogP contribution in [-0.2, 0) is 27.8 Å². The van der Waals surface area contributed by atoms with Crippen LogP contribution in [0.15, 0.2) is 24.3 Å². The first kappa shape index (κ1) is 17.7. The second-order valence-electron chi connectivity index (χ2n) is 7.00. The lowest BCUT2D eigenvalue weighted by Gasteiger charge is -2.23. The van der Waals surface area contributed by atoms with E-state index in [1.165, 1.54) is 0 Å². The molecule has 3 rings (SSSR count). The predicted octanol–water partition coefficient (Wildman–Crippen LogP) is 3.05. The van der Waals surface area contributed by atoms with E-state index in [-0.39, 0.29) is 11.4 Å². The van der Waals surface area contributed by atoms with Gasteiger partial charge in [-0.2, -0.15) is 5.10 Å². The summed E-state index contributed by atoms with van der Waals surface area (Å²) in [6, 6.07) is 7.02. The summed E-state index contributed by atoms with van der Waals surface area (Å²) in [5.41, 5.74) is 1.95. The number of hydrogen-bond acceptors (Lipinski definition) is 4. The lowest BCUT2D eigenvalue weighted by Crippen LogP contribution is -2.27. The first-order valence-corrected chi connectivity index (χ1v) is 9.79. The fourth-order valence-electron chi connectivity index (χ4n) is 2.79. The zero-order chi connectivity index (χ0) is 18.2.